The Morgan fingerprint density at radius 3 is 1.92 bits per heavy atom. The Bertz CT molecular complexity index is 2210. The molecular formula is C38H35N5O10. The lowest BCUT2D eigenvalue weighted by Crippen LogP contribution is -2.41. The molecule has 3 heterocycles. The number of rotatable bonds is 10. The van der Waals surface area contributed by atoms with Crippen LogP contribution in [0, 0.1) is 5.41 Å². The van der Waals surface area contributed by atoms with Crippen molar-refractivity contribution in [3.8, 4) is 0 Å². The normalized spacial score (nSPS) is 18.5. The minimum atomic E-state index is -1.45. The zero-order valence-corrected chi connectivity index (χ0v) is 28.8. The number of amides is 1. The predicted octanol–water partition coefficient (Wildman–Crippen LogP) is 4.72. The molecule has 0 saturated carbocycles. The van der Waals surface area contributed by atoms with Crippen LogP contribution in [0.1, 0.15) is 63.6 Å². The Labute approximate surface area is 302 Å². The number of H-pyrrole nitrogens is 1. The number of esters is 3. The van der Waals surface area contributed by atoms with Crippen LogP contribution in [0.3, 0.4) is 0 Å². The van der Waals surface area contributed by atoms with Crippen LogP contribution in [0.4, 0.5) is 5.95 Å². The van der Waals surface area contributed by atoms with Crippen molar-refractivity contribution in [1.29, 1.82) is 0 Å². The second-order valence-electron chi connectivity index (χ2n) is 13.1. The number of carbonyl (C=O) groups is 4. The summed E-state index contributed by atoms with van der Waals surface area (Å²) in [6.07, 6.45) is -3.10. The van der Waals surface area contributed by atoms with Crippen molar-refractivity contribution < 1.29 is 43.3 Å². The van der Waals surface area contributed by atoms with E-state index in [-0.39, 0.29) is 39.2 Å². The van der Waals surface area contributed by atoms with Gasteiger partial charge in [-0.1, -0.05) is 80.5 Å². The number of hydrogen-bond donors (Lipinski definition) is 3. The monoisotopic (exact) mass is 721 g/mol. The second-order valence-corrected chi connectivity index (χ2v) is 13.1. The van der Waals surface area contributed by atoms with Gasteiger partial charge in [0.15, 0.2) is 24.1 Å². The molecule has 0 unspecified atom stereocenters. The van der Waals surface area contributed by atoms with Crippen LogP contribution < -0.4 is 10.9 Å². The van der Waals surface area contributed by atoms with Crippen molar-refractivity contribution in [3.05, 3.63) is 130 Å². The molecule has 272 valence electrons. The van der Waals surface area contributed by atoms with Crippen LogP contribution in [-0.2, 0) is 23.7 Å². The molecule has 15 nitrogen and oxygen atoms in total. The summed E-state index contributed by atoms with van der Waals surface area (Å²) >= 11 is 0. The summed E-state index contributed by atoms with van der Waals surface area (Å²) in [5.74, 6) is -2.93. The number of nitrogens with one attached hydrogen (secondary N) is 2. The van der Waals surface area contributed by atoms with E-state index < -0.39 is 65.9 Å². The summed E-state index contributed by atoms with van der Waals surface area (Å²) in [5.41, 5.74) is -0.939. The number of benzene rings is 3. The van der Waals surface area contributed by atoms with Gasteiger partial charge in [0.2, 0.25) is 11.9 Å². The van der Waals surface area contributed by atoms with E-state index in [0.29, 0.717) is 0 Å². The first-order valence-corrected chi connectivity index (χ1v) is 16.5. The van der Waals surface area contributed by atoms with Gasteiger partial charge in [0.1, 0.15) is 12.7 Å². The van der Waals surface area contributed by atoms with Gasteiger partial charge in [-0.15, -0.1) is 0 Å². The number of aromatic nitrogens is 3. The highest BCUT2D eigenvalue weighted by atomic mass is 16.7. The van der Waals surface area contributed by atoms with Crippen LogP contribution in [-0.4, -0.2) is 74.7 Å². The number of nitrogens with zero attached hydrogens (tertiary/aromatic N) is 3. The molecule has 1 amide bonds. The maximum atomic E-state index is 13.6. The Kier molecular flexibility index (Phi) is 10.5. The predicted molar refractivity (Wildman–Crippen MR) is 190 cm³/mol. The van der Waals surface area contributed by atoms with E-state index in [4.69, 9.17) is 18.9 Å². The molecule has 0 bridgehead atoms. The van der Waals surface area contributed by atoms with Gasteiger partial charge in [-0.3, -0.25) is 19.9 Å². The highest BCUT2D eigenvalue weighted by molar-refractivity contribution is 5.99. The van der Waals surface area contributed by atoms with Gasteiger partial charge in [0.05, 0.1) is 28.3 Å². The second kappa shape index (κ2) is 15.3. The fraction of sp³-hybridized carbons (Fsp3) is 0.237. The van der Waals surface area contributed by atoms with E-state index >= 15 is 0 Å². The van der Waals surface area contributed by atoms with Gasteiger partial charge in [-0.05, 0) is 36.4 Å². The van der Waals surface area contributed by atoms with Gasteiger partial charge < -0.3 is 28.7 Å². The van der Waals surface area contributed by atoms with Crippen molar-refractivity contribution in [2.75, 3.05) is 11.9 Å². The molecule has 15 heteroatoms. The standard InChI is InChI=1S/C38H35N5O10/c1-38(2,3)36(48)42-37-40-30-27(31(44)41-37)25(19-39-49)20-43(30)32-29(53-35(47)24-17-11-6-12-18-24)28(52-34(46)23-15-9-5-10-16-23)26(51-32)21-50-33(45)22-13-7-4-8-14-22/h4-20,26,28-29,32,49H,21H2,1-3H3,(H2,40,41,42,44,48)/b39-19+/t26-,28-,29-,32-/m1/s1. The molecule has 1 saturated heterocycles. The van der Waals surface area contributed by atoms with Crippen LogP contribution in [0.5, 0.6) is 0 Å². The number of carbonyl (C=O) groups excluding carboxylic acids is 4. The zero-order valence-electron chi connectivity index (χ0n) is 28.8. The molecule has 3 N–H and O–H groups in total. The largest absolute Gasteiger partial charge is 0.459 e. The number of aromatic amines is 1. The third-order valence-electron chi connectivity index (χ3n) is 8.27. The molecule has 1 fully saturated rings. The molecule has 0 spiro atoms. The van der Waals surface area contributed by atoms with Gasteiger partial charge in [0.25, 0.3) is 5.56 Å². The Morgan fingerprint density at radius 1 is 0.868 bits per heavy atom. The lowest BCUT2D eigenvalue weighted by molar-refractivity contribution is -0.123. The minimum Gasteiger partial charge on any atom is -0.459 e. The van der Waals surface area contributed by atoms with Crippen molar-refractivity contribution in [1.82, 2.24) is 14.5 Å². The summed E-state index contributed by atoms with van der Waals surface area (Å²) < 4.78 is 25.4. The van der Waals surface area contributed by atoms with Crippen LogP contribution in [0.2, 0.25) is 0 Å². The lowest BCUT2D eigenvalue weighted by atomic mass is 9.96. The molecule has 1 aliphatic rings. The maximum absolute atomic E-state index is 13.6. The van der Waals surface area contributed by atoms with Crippen molar-refractivity contribution in [2.24, 2.45) is 10.6 Å². The third-order valence-corrected chi connectivity index (χ3v) is 8.27. The van der Waals surface area contributed by atoms with E-state index in [0.717, 1.165) is 6.21 Å². The first kappa shape index (κ1) is 36.2. The van der Waals surface area contributed by atoms with E-state index in [1.807, 2.05) is 0 Å². The van der Waals surface area contributed by atoms with Crippen LogP contribution >= 0.6 is 0 Å². The molecule has 2 aromatic heterocycles. The number of fused-ring (bicyclic) bond motifs is 1. The molecule has 0 aliphatic carbocycles. The SMILES string of the molecule is CC(C)(C)C(=O)Nc1nc2c(c(/C=N/O)cn2[C@@H]2O[C@H](COC(=O)c3ccccc3)[C@@H](OC(=O)c3ccccc3)[C@H]2OC(=O)c2ccccc2)c(=O)[nH]1. The first-order chi connectivity index (χ1) is 25.4. The highest BCUT2D eigenvalue weighted by Gasteiger charge is 2.52. The van der Waals surface area contributed by atoms with Crippen molar-refractivity contribution >= 4 is 47.0 Å². The maximum Gasteiger partial charge on any atom is 0.338 e. The smallest absolute Gasteiger partial charge is 0.338 e. The zero-order chi connectivity index (χ0) is 37.7. The highest BCUT2D eigenvalue weighted by Crippen LogP contribution is 2.38. The first-order valence-electron chi connectivity index (χ1n) is 16.5. The fourth-order valence-electron chi connectivity index (χ4n) is 5.57. The average Bonchev–Trinajstić information content (AvgIpc) is 3.68. The molecule has 3 aromatic carbocycles. The minimum absolute atomic E-state index is 0.0647. The van der Waals surface area contributed by atoms with Crippen molar-refractivity contribution in [3.63, 3.8) is 0 Å². The van der Waals surface area contributed by atoms with Crippen molar-refractivity contribution in [2.45, 2.75) is 45.3 Å². The Hall–Kier alpha value is -6.61. The lowest BCUT2D eigenvalue weighted by Gasteiger charge is -2.25. The number of anilines is 1. The number of oxime groups is 1. The molecule has 5 aromatic rings. The summed E-state index contributed by atoms with van der Waals surface area (Å²) in [5, 5.41) is 15.1. The fourth-order valence-corrected chi connectivity index (χ4v) is 5.57. The Balaban J connectivity index is 1.47. The Morgan fingerprint density at radius 2 is 1.40 bits per heavy atom. The van der Waals surface area contributed by atoms with E-state index in [9.17, 15) is 29.2 Å². The quantitative estimate of drug-likeness (QED) is 0.0592. The van der Waals surface area contributed by atoms with E-state index in [2.05, 4.69) is 20.4 Å². The van der Waals surface area contributed by atoms with Gasteiger partial charge in [0, 0.05) is 17.2 Å². The molecular weight excluding hydrogens is 686 g/mol. The summed E-state index contributed by atoms with van der Waals surface area (Å²) in [4.78, 5) is 73.6. The summed E-state index contributed by atoms with van der Waals surface area (Å²) in [6, 6.07) is 24.3. The topological polar surface area (TPSA) is 200 Å². The van der Waals surface area contributed by atoms with Gasteiger partial charge in [-0.2, -0.15) is 4.98 Å². The summed E-state index contributed by atoms with van der Waals surface area (Å²) in [6.45, 7) is 4.58. The molecule has 53 heavy (non-hydrogen) atoms. The molecule has 0 radical (unpaired) electrons. The van der Waals surface area contributed by atoms with E-state index in [1.165, 1.54) is 35.0 Å². The average molecular weight is 722 g/mol. The van der Waals surface area contributed by atoms with Gasteiger partial charge in [-0.25, -0.2) is 14.4 Å². The molecule has 1 aliphatic heterocycles. The van der Waals surface area contributed by atoms with Crippen LogP contribution in [0.15, 0.2) is 107 Å². The molecule has 6 rings (SSSR count). The molecule has 4 atom stereocenters. The summed E-state index contributed by atoms with van der Waals surface area (Å²) in [7, 11) is 0. The van der Waals surface area contributed by atoms with E-state index in [1.54, 1.807) is 87.5 Å². The number of ether oxygens (including phenoxy) is 4. The van der Waals surface area contributed by atoms with Crippen LogP contribution in [0.25, 0.3) is 11.0 Å². The third kappa shape index (κ3) is 7.99. The number of hydrogen-bond acceptors (Lipinski definition) is 12. The van der Waals surface area contributed by atoms with Gasteiger partial charge >= 0.3 is 17.9 Å².